The maximum atomic E-state index is 12.8. The first-order chi connectivity index (χ1) is 8.98. The van der Waals surface area contributed by atoms with Gasteiger partial charge in [-0.1, -0.05) is 6.07 Å². The number of pyridine rings is 2. The summed E-state index contributed by atoms with van der Waals surface area (Å²) in [6, 6.07) is 5.38. The Morgan fingerprint density at radius 1 is 1.16 bits per heavy atom. The van der Waals surface area contributed by atoms with Crippen molar-refractivity contribution in [3.8, 4) is 0 Å². The minimum atomic E-state index is -4.43. The van der Waals surface area contributed by atoms with Crippen molar-refractivity contribution in [1.82, 2.24) is 9.97 Å². The van der Waals surface area contributed by atoms with Crippen molar-refractivity contribution in [3.05, 3.63) is 59.7 Å². The molecule has 2 aromatic rings. The second kappa shape index (κ2) is 5.36. The Bertz CT molecular complexity index is 540. The van der Waals surface area contributed by atoms with Gasteiger partial charge < -0.3 is 5.73 Å². The van der Waals surface area contributed by atoms with Gasteiger partial charge >= 0.3 is 6.18 Å². The van der Waals surface area contributed by atoms with Crippen molar-refractivity contribution < 1.29 is 13.2 Å². The first-order valence-corrected chi connectivity index (χ1v) is 5.65. The quantitative estimate of drug-likeness (QED) is 0.930. The number of aromatic nitrogens is 2. The van der Waals surface area contributed by atoms with Crippen LogP contribution in [0.3, 0.4) is 0 Å². The van der Waals surface area contributed by atoms with E-state index >= 15 is 0 Å². The Labute approximate surface area is 108 Å². The fourth-order valence-electron chi connectivity index (χ4n) is 1.81. The molecule has 0 aromatic carbocycles. The molecule has 0 aliphatic rings. The number of alkyl halides is 3. The van der Waals surface area contributed by atoms with E-state index in [0.29, 0.717) is 5.69 Å². The van der Waals surface area contributed by atoms with Crippen LogP contribution >= 0.6 is 0 Å². The van der Waals surface area contributed by atoms with E-state index in [4.69, 9.17) is 5.73 Å². The normalized spacial score (nSPS) is 13.3. The summed E-state index contributed by atoms with van der Waals surface area (Å²) in [7, 11) is 0. The van der Waals surface area contributed by atoms with E-state index in [2.05, 4.69) is 9.97 Å². The topological polar surface area (TPSA) is 51.8 Å². The molecule has 100 valence electrons. The number of halogens is 3. The lowest BCUT2D eigenvalue weighted by Crippen LogP contribution is -2.20. The van der Waals surface area contributed by atoms with Crippen LogP contribution in [0.1, 0.15) is 22.9 Å². The van der Waals surface area contributed by atoms with Crippen LogP contribution in [0.4, 0.5) is 13.2 Å². The zero-order valence-corrected chi connectivity index (χ0v) is 9.93. The number of hydrogen-bond donors (Lipinski definition) is 1. The van der Waals surface area contributed by atoms with Crippen molar-refractivity contribution in [3.63, 3.8) is 0 Å². The number of rotatable bonds is 3. The van der Waals surface area contributed by atoms with Crippen LogP contribution in [0.25, 0.3) is 0 Å². The molecule has 2 aromatic heterocycles. The molecule has 2 N–H and O–H groups in total. The third-order valence-corrected chi connectivity index (χ3v) is 2.71. The van der Waals surface area contributed by atoms with Gasteiger partial charge in [-0.25, -0.2) is 0 Å². The molecule has 1 unspecified atom stereocenters. The monoisotopic (exact) mass is 267 g/mol. The second-order valence-electron chi connectivity index (χ2n) is 4.09. The van der Waals surface area contributed by atoms with Gasteiger partial charge in [0.25, 0.3) is 0 Å². The van der Waals surface area contributed by atoms with Gasteiger partial charge in [-0.3, -0.25) is 9.97 Å². The lowest BCUT2D eigenvalue weighted by atomic mass is 9.99. The molecule has 2 rings (SSSR count). The van der Waals surface area contributed by atoms with Crippen LogP contribution < -0.4 is 5.73 Å². The highest BCUT2D eigenvalue weighted by molar-refractivity contribution is 5.30. The lowest BCUT2D eigenvalue weighted by molar-refractivity contribution is -0.138. The molecular weight excluding hydrogens is 255 g/mol. The molecule has 0 bridgehead atoms. The minimum absolute atomic E-state index is 0.0133. The molecule has 3 nitrogen and oxygen atoms in total. The Morgan fingerprint density at radius 3 is 2.58 bits per heavy atom. The Morgan fingerprint density at radius 2 is 1.95 bits per heavy atom. The van der Waals surface area contributed by atoms with E-state index in [1.807, 2.05) is 0 Å². The number of hydrogen-bond acceptors (Lipinski definition) is 3. The molecule has 0 saturated heterocycles. The highest BCUT2D eigenvalue weighted by Crippen LogP contribution is 2.34. The maximum Gasteiger partial charge on any atom is 0.416 e. The highest BCUT2D eigenvalue weighted by Gasteiger charge is 2.34. The summed E-state index contributed by atoms with van der Waals surface area (Å²) in [5.74, 6) is 0. The Balaban J connectivity index is 2.27. The summed E-state index contributed by atoms with van der Waals surface area (Å²) in [6.07, 6.45) is -0.345. The van der Waals surface area contributed by atoms with E-state index in [0.717, 1.165) is 18.5 Å². The van der Waals surface area contributed by atoms with E-state index in [1.54, 1.807) is 24.4 Å². The van der Waals surface area contributed by atoms with E-state index < -0.39 is 17.8 Å². The van der Waals surface area contributed by atoms with Crippen LogP contribution in [0.2, 0.25) is 0 Å². The molecule has 1 atom stereocenters. The average Bonchev–Trinajstić information content (AvgIpc) is 2.39. The van der Waals surface area contributed by atoms with E-state index in [9.17, 15) is 13.2 Å². The number of nitrogens with two attached hydrogens (primary N) is 1. The Hall–Kier alpha value is -1.95. The summed E-state index contributed by atoms with van der Waals surface area (Å²) < 4.78 is 38.5. The van der Waals surface area contributed by atoms with Crippen LogP contribution in [0.15, 0.2) is 42.9 Å². The maximum absolute atomic E-state index is 12.8. The van der Waals surface area contributed by atoms with Crippen molar-refractivity contribution in [1.29, 1.82) is 0 Å². The highest BCUT2D eigenvalue weighted by atomic mass is 19.4. The van der Waals surface area contributed by atoms with Crippen LogP contribution in [-0.4, -0.2) is 9.97 Å². The minimum Gasteiger partial charge on any atom is -0.324 e. The summed E-state index contributed by atoms with van der Waals surface area (Å²) in [5, 5.41) is 0. The van der Waals surface area contributed by atoms with Crippen molar-refractivity contribution in [2.24, 2.45) is 5.73 Å². The van der Waals surface area contributed by atoms with Gasteiger partial charge in [-0.05, 0) is 23.8 Å². The summed E-state index contributed by atoms with van der Waals surface area (Å²) in [5.41, 5.74) is 5.73. The zero-order valence-electron chi connectivity index (χ0n) is 9.93. The predicted octanol–water partition coefficient (Wildman–Crippen LogP) is 2.74. The second-order valence-corrected chi connectivity index (χ2v) is 4.09. The van der Waals surface area contributed by atoms with Crippen molar-refractivity contribution >= 4 is 0 Å². The molecule has 2 heterocycles. The van der Waals surface area contributed by atoms with Gasteiger partial charge in [0.05, 0.1) is 5.56 Å². The smallest absolute Gasteiger partial charge is 0.324 e. The largest absolute Gasteiger partial charge is 0.416 e. The van der Waals surface area contributed by atoms with E-state index in [1.165, 1.54) is 0 Å². The fourth-order valence-corrected chi connectivity index (χ4v) is 1.81. The molecule has 0 amide bonds. The molecule has 0 fully saturated rings. The van der Waals surface area contributed by atoms with E-state index in [-0.39, 0.29) is 12.0 Å². The van der Waals surface area contributed by atoms with Crippen LogP contribution in [0.5, 0.6) is 0 Å². The molecule has 0 saturated carbocycles. The third kappa shape index (κ3) is 3.29. The predicted molar refractivity (Wildman–Crippen MR) is 64.1 cm³/mol. The van der Waals surface area contributed by atoms with Gasteiger partial charge in [0.1, 0.15) is 0 Å². The van der Waals surface area contributed by atoms with Gasteiger partial charge in [0.2, 0.25) is 0 Å². The van der Waals surface area contributed by atoms with Crippen LogP contribution in [0, 0.1) is 0 Å². The molecular formula is C13H12F3N3. The van der Waals surface area contributed by atoms with Gasteiger partial charge in [0.15, 0.2) is 0 Å². The average molecular weight is 267 g/mol. The molecule has 0 radical (unpaired) electrons. The standard InChI is InChI=1S/C13H12F3N3/c14-13(15,16)11-4-6-18-8-10(11)12(17)7-9-3-1-2-5-19-9/h1-6,8,12H,7,17H2. The van der Waals surface area contributed by atoms with Crippen LogP contribution in [-0.2, 0) is 12.6 Å². The van der Waals surface area contributed by atoms with Crippen molar-refractivity contribution in [2.45, 2.75) is 18.6 Å². The molecule has 19 heavy (non-hydrogen) atoms. The van der Waals surface area contributed by atoms with Gasteiger partial charge in [0, 0.05) is 36.7 Å². The van der Waals surface area contributed by atoms with Gasteiger partial charge in [-0.15, -0.1) is 0 Å². The Kier molecular flexibility index (Phi) is 3.80. The zero-order chi connectivity index (χ0) is 13.9. The first kappa shape index (κ1) is 13.5. The lowest BCUT2D eigenvalue weighted by Gasteiger charge is -2.17. The van der Waals surface area contributed by atoms with Crippen molar-refractivity contribution in [2.75, 3.05) is 0 Å². The molecule has 0 aliphatic heterocycles. The summed E-state index contributed by atoms with van der Waals surface area (Å²) >= 11 is 0. The molecule has 0 spiro atoms. The first-order valence-electron chi connectivity index (χ1n) is 5.65. The SMILES string of the molecule is NC(Cc1ccccn1)c1cnccc1C(F)(F)F. The van der Waals surface area contributed by atoms with Gasteiger partial charge in [-0.2, -0.15) is 13.2 Å². The summed E-state index contributed by atoms with van der Waals surface area (Å²) in [6.45, 7) is 0. The third-order valence-electron chi connectivity index (χ3n) is 2.71. The number of nitrogens with zero attached hydrogens (tertiary/aromatic N) is 2. The molecule has 6 heteroatoms. The molecule has 0 aliphatic carbocycles. The summed E-state index contributed by atoms with van der Waals surface area (Å²) in [4.78, 5) is 7.78. The fraction of sp³-hybridized carbons (Fsp3) is 0.231.